The summed E-state index contributed by atoms with van der Waals surface area (Å²) < 4.78 is 40.1. The van der Waals surface area contributed by atoms with Crippen LogP contribution in [-0.2, 0) is 14.8 Å². The van der Waals surface area contributed by atoms with Crippen molar-refractivity contribution in [2.45, 2.75) is 30.3 Å². The molecule has 2 N–H and O–H groups in total. The van der Waals surface area contributed by atoms with E-state index in [1.807, 2.05) is 0 Å². The minimum Gasteiger partial charge on any atom is -0.367 e. The maximum Gasteiger partial charge on any atom is 0.255 e. The van der Waals surface area contributed by atoms with Gasteiger partial charge < -0.3 is 5.73 Å². The second-order valence-electron chi connectivity index (χ2n) is 5.14. The van der Waals surface area contributed by atoms with E-state index < -0.39 is 21.6 Å². The Labute approximate surface area is 127 Å². The number of alkyl halides is 1. The first-order valence-corrected chi connectivity index (χ1v) is 8.24. The van der Waals surface area contributed by atoms with Crippen molar-refractivity contribution < 1.29 is 17.6 Å². The standard InChI is InChI=1S/C13H16ClFN2O3S/c1-9-2-3-10(8-11(9)14)21(19,20)17-6-4-13(15,5-7-17)12(16)18/h2-3,8H,4-7H2,1H3,(H2,16,18). The third-order valence-corrected chi connectivity index (χ3v) is 6.04. The SMILES string of the molecule is Cc1ccc(S(=O)(=O)N2CCC(F)(C(N)=O)CC2)cc1Cl. The molecule has 1 aromatic rings. The first-order valence-electron chi connectivity index (χ1n) is 6.42. The summed E-state index contributed by atoms with van der Waals surface area (Å²) in [5, 5.41) is 0.352. The Kier molecular flexibility index (Phi) is 4.28. The second kappa shape index (κ2) is 5.55. The average Bonchev–Trinajstić information content (AvgIpc) is 2.42. The van der Waals surface area contributed by atoms with Crippen molar-refractivity contribution in [1.29, 1.82) is 0 Å². The predicted molar refractivity (Wildman–Crippen MR) is 77.2 cm³/mol. The lowest BCUT2D eigenvalue weighted by molar-refractivity contribution is -0.131. The van der Waals surface area contributed by atoms with E-state index in [1.54, 1.807) is 13.0 Å². The van der Waals surface area contributed by atoms with Crippen molar-refractivity contribution in [3.63, 3.8) is 0 Å². The highest BCUT2D eigenvalue weighted by Gasteiger charge is 2.43. The summed E-state index contributed by atoms with van der Waals surface area (Å²) >= 11 is 5.94. The smallest absolute Gasteiger partial charge is 0.255 e. The van der Waals surface area contributed by atoms with Gasteiger partial charge in [-0.05, 0) is 24.6 Å². The number of benzene rings is 1. The molecule has 1 aliphatic heterocycles. The van der Waals surface area contributed by atoms with Gasteiger partial charge in [0.2, 0.25) is 10.0 Å². The van der Waals surface area contributed by atoms with E-state index >= 15 is 0 Å². The van der Waals surface area contributed by atoms with Gasteiger partial charge in [0.15, 0.2) is 5.67 Å². The van der Waals surface area contributed by atoms with Crippen LogP contribution in [0.4, 0.5) is 4.39 Å². The summed E-state index contributed by atoms with van der Waals surface area (Å²) in [6.07, 6.45) is -0.470. The zero-order chi connectivity index (χ0) is 15.8. The minimum absolute atomic E-state index is 0.0588. The summed E-state index contributed by atoms with van der Waals surface area (Å²) in [5.41, 5.74) is 3.65. The number of amides is 1. The Balaban J connectivity index is 2.22. The van der Waals surface area contributed by atoms with Crippen LogP contribution in [0.1, 0.15) is 18.4 Å². The highest BCUT2D eigenvalue weighted by molar-refractivity contribution is 7.89. The van der Waals surface area contributed by atoms with Crippen molar-refractivity contribution in [3.8, 4) is 0 Å². The number of aryl methyl sites for hydroxylation is 1. The van der Waals surface area contributed by atoms with Crippen LogP contribution in [0.15, 0.2) is 23.1 Å². The topological polar surface area (TPSA) is 80.5 Å². The molecule has 1 aliphatic rings. The quantitative estimate of drug-likeness (QED) is 0.912. The van der Waals surface area contributed by atoms with E-state index in [1.165, 1.54) is 12.1 Å². The van der Waals surface area contributed by atoms with Gasteiger partial charge in [0.05, 0.1) is 4.90 Å². The maximum absolute atomic E-state index is 14.1. The van der Waals surface area contributed by atoms with Crippen LogP contribution in [0.3, 0.4) is 0 Å². The first-order chi connectivity index (χ1) is 9.67. The second-order valence-corrected chi connectivity index (χ2v) is 7.49. The molecule has 1 saturated heterocycles. The summed E-state index contributed by atoms with van der Waals surface area (Å²) in [5.74, 6) is -1.04. The van der Waals surface area contributed by atoms with Gasteiger partial charge in [-0.25, -0.2) is 12.8 Å². The Hall–Kier alpha value is -1.18. The molecule has 5 nitrogen and oxygen atoms in total. The molecule has 0 radical (unpaired) electrons. The van der Waals surface area contributed by atoms with Crippen LogP contribution in [-0.4, -0.2) is 37.4 Å². The lowest BCUT2D eigenvalue weighted by atomic mass is 9.94. The van der Waals surface area contributed by atoms with E-state index in [4.69, 9.17) is 17.3 Å². The van der Waals surface area contributed by atoms with Gasteiger partial charge in [-0.3, -0.25) is 4.79 Å². The van der Waals surface area contributed by atoms with Crippen molar-refractivity contribution in [1.82, 2.24) is 4.31 Å². The van der Waals surface area contributed by atoms with Gasteiger partial charge in [-0.15, -0.1) is 0 Å². The zero-order valence-electron chi connectivity index (χ0n) is 11.5. The molecule has 2 rings (SSSR count). The highest BCUT2D eigenvalue weighted by Crippen LogP contribution is 2.30. The molecule has 0 saturated carbocycles. The molecule has 1 fully saturated rings. The molecule has 1 aromatic carbocycles. The van der Waals surface area contributed by atoms with Crippen LogP contribution < -0.4 is 5.73 Å². The monoisotopic (exact) mass is 334 g/mol. The van der Waals surface area contributed by atoms with E-state index in [2.05, 4.69) is 0 Å². The fourth-order valence-electron chi connectivity index (χ4n) is 2.21. The summed E-state index contributed by atoms with van der Waals surface area (Å²) in [6.45, 7) is 1.59. The van der Waals surface area contributed by atoms with Gasteiger partial charge in [-0.1, -0.05) is 17.7 Å². The van der Waals surface area contributed by atoms with Gasteiger partial charge in [0, 0.05) is 31.0 Å². The number of primary amides is 1. The minimum atomic E-state index is -3.75. The largest absolute Gasteiger partial charge is 0.367 e. The lowest BCUT2D eigenvalue weighted by Gasteiger charge is -2.33. The van der Waals surface area contributed by atoms with E-state index in [0.717, 1.165) is 9.87 Å². The van der Waals surface area contributed by atoms with Gasteiger partial charge in [0.25, 0.3) is 5.91 Å². The summed E-state index contributed by atoms with van der Waals surface area (Å²) in [7, 11) is -3.75. The third-order valence-electron chi connectivity index (χ3n) is 3.74. The number of carbonyl (C=O) groups excluding carboxylic acids is 1. The lowest BCUT2D eigenvalue weighted by Crippen LogP contribution is -2.50. The molecule has 21 heavy (non-hydrogen) atoms. The summed E-state index contributed by atoms with van der Waals surface area (Å²) in [6, 6.07) is 4.45. The number of carbonyl (C=O) groups is 1. The fourth-order valence-corrected chi connectivity index (χ4v) is 3.92. The number of hydrogen-bond acceptors (Lipinski definition) is 3. The molecule has 1 heterocycles. The number of nitrogens with two attached hydrogens (primary N) is 1. The highest BCUT2D eigenvalue weighted by atomic mass is 35.5. The van der Waals surface area contributed by atoms with Crippen molar-refractivity contribution in [2.24, 2.45) is 5.73 Å². The van der Waals surface area contributed by atoms with Gasteiger partial charge in [0.1, 0.15) is 0 Å². The molecule has 116 valence electrons. The van der Waals surface area contributed by atoms with E-state index in [0.29, 0.717) is 5.02 Å². The van der Waals surface area contributed by atoms with Gasteiger partial charge in [-0.2, -0.15) is 4.31 Å². The third kappa shape index (κ3) is 3.04. The summed E-state index contributed by atoms with van der Waals surface area (Å²) in [4.78, 5) is 11.1. The average molecular weight is 335 g/mol. The Morgan fingerprint density at radius 2 is 1.95 bits per heavy atom. The van der Waals surface area contributed by atoms with E-state index in [-0.39, 0.29) is 30.8 Å². The van der Waals surface area contributed by atoms with Gasteiger partial charge >= 0.3 is 0 Å². The van der Waals surface area contributed by atoms with Crippen LogP contribution >= 0.6 is 11.6 Å². The Bertz CT molecular complexity index is 670. The Morgan fingerprint density at radius 1 is 1.38 bits per heavy atom. The molecule has 1 amide bonds. The Morgan fingerprint density at radius 3 is 2.43 bits per heavy atom. The number of halogens is 2. The molecule has 0 aromatic heterocycles. The molecular weight excluding hydrogens is 319 g/mol. The zero-order valence-corrected chi connectivity index (χ0v) is 13.0. The number of hydrogen-bond donors (Lipinski definition) is 1. The van der Waals surface area contributed by atoms with Crippen molar-refractivity contribution in [3.05, 3.63) is 28.8 Å². The number of rotatable bonds is 3. The molecule has 0 unspecified atom stereocenters. The molecular formula is C13H16ClFN2O3S. The molecule has 0 aliphatic carbocycles. The van der Waals surface area contributed by atoms with Crippen molar-refractivity contribution in [2.75, 3.05) is 13.1 Å². The van der Waals surface area contributed by atoms with Crippen LogP contribution in [0, 0.1) is 6.92 Å². The first kappa shape index (κ1) is 16.2. The van der Waals surface area contributed by atoms with Crippen molar-refractivity contribution >= 4 is 27.5 Å². The van der Waals surface area contributed by atoms with Crippen LogP contribution in [0.2, 0.25) is 5.02 Å². The number of sulfonamides is 1. The number of nitrogens with zero attached hydrogens (tertiary/aromatic N) is 1. The molecule has 0 bridgehead atoms. The normalized spacial score (nSPS) is 19.4. The predicted octanol–water partition coefficient (Wildman–Crippen LogP) is 1.63. The molecule has 0 atom stereocenters. The maximum atomic E-state index is 14.1. The number of piperidine rings is 1. The van der Waals surface area contributed by atoms with Crippen LogP contribution in [0.5, 0.6) is 0 Å². The molecule has 8 heteroatoms. The fraction of sp³-hybridized carbons (Fsp3) is 0.462. The van der Waals surface area contributed by atoms with E-state index in [9.17, 15) is 17.6 Å². The molecule has 0 spiro atoms. The van der Waals surface area contributed by atoms with Crippen LogP contribution in [0.25, 0.3) is 0 Å².